The van der Waals surface area contributed by atoms with Gasteiger partial charge < -0.3 is 9.47 Å². The highest BCUT2D eigenvalue weighted by Gasteiger charge is 2.34. The van der Waals surface area contributed by atoms with Gasteiger partial charge in [-0.2, -0.15) is 0 Å². The maximum atomic E-state index is 12.1. The molecule has 1 unspecified atom stereocenters. The molecule has 0 heterocycles. The smallest absolute Gasteiger partial charge is 0.327 e. The van der Waals surface area contributed by atoms with Crippen LogP contribution in [0.5, 0.6) is 11.5 Å². The highest BCUT2D eigenvalue weighted by atomic mass is 127. The third-order valence-electron chi connectivity index (χ3n) is 4.62. The first kappa shape index (κ1) is 17.6. The molecule has 22 heavy (non-hydrogen) atoms. The number of esters is 1. The lowest BCUT2D eigenvalue weighted by Crippen LogP contribution is -2.32. The third-order valence-corrected chi connectivity index (χ3v) is 5.82. The summed E-state index contributed by atoms with van der Waals surface area (Å²) >= 11 is 2.14. The Hall–Kier alpha value is -0.780. The van der Waals surface area contributed by atoms with Gasteiger partial charge in [-0.15, -0.1) is 0 Å². The topological polar surface area (TPSA) is 35.5 Å². The van der Waals surface area contributed by atoms with Crippen LogP contribution in [0.3, 0.4) is 0 Å². The molecule has 0 aromatic heterocycles. The molecular formula is C18H25IO3. The van der Waals surface area contributed by atoms with Crippen LogP contribution < -0.4 is 9.47 Å². The van der Waals surface area contributed by atoms with Crippen LogP contribution in [0.1, 0.15) is 59.3 Å². The van der Waals surface area contributed by atoms with Crippen molar-refractivity contribution in [2.24, 2.45) is 0 Å². The SMILES string of the molecule is CCC1(Oc2ccc(OC(=O)C(C)(I)CC)cc2)CCCC1. The van der Waals surface area contributed by atoms with Gasteiger partial charge in [0.2, 0.25) is 0 Å². The second-order valence-corrected chi connectivity index (χ2v) is 8.64. The Labute approximate surface area is 146 Å². The highest BCUT2D eigenvalue weighted by molar-refractivity contribution is 14.1. The van der Waals surface area contributed by atoms with Crippen molar-refractivity contribution in [3.63, 3.8) is 0 Å². The van der Waals surface area contributed by atoms with E-state index in [1.807, 2.05) is 38.1 Å². The molecule has 1 saturated carbocycles. The largest absolute Gasteiger partial charge is 0.487 e. The third kappa shape index (κ3) is 4.15. The van der Waals surface area contributed by atoms with E-state index in [9.17, 15) is 4.79 Å². The minimum absolute atomic E-state index is 0.00118. The Bertz CT molecular complexity index is 502. The number of hydrogen-bond donors (Lipinski definition) is 0. The van der Waals surface area contributed by atoms with Crippen LogP contribution in [-0.2, 0) is 4.79 Å². The van der Waals surface area contributed by atoms with Crippen LogP contribution in [-0.4, -0.2) is 15.0 Å². The quantitative estimate of drug-likeness (QED) is 0.273. The van der Waals surface area contributed by atoms with Crippen LogP contribution in [0.2, 0.25) is 0 Å². The lowest BCUT2D eigenvalue weighted by molar-refractivity contribution is -0.136. The summed E-state index contributed by atoms with van der Waals surface area (Å²) < 4.78 is 11.2. The molecule has 0 bridgehead atoms. The van der Waals surface area contributed by atoms with Crippen molar-refractivity contribution < 1.29 is 14.3 Å². The molecule has 1 aliphatic rings. The van der Waals surface area contributed by atoms with Crippen molar-refractivity contribution >= 4 is 28.6 Å². The monoisotopic (exact) mass is 416 g/mol. The molecule has 0 saturated heterocycles. The molecule has 3 nitrogen and oxygen atoms in total. The molecule has 0 spiro atoms. The van der Waals surface area contributed by atoms with Gasteiger partial charge in [0.25, 0.3) is 0 Å². The van der Waals surface area contributed by atoms with Gasteiger partial charge in [0.15, 0.2) is 0 Å². The van der Waals surface area contributed by atoms with Gasteiger partial charge in [-0.1, -0.05) is 36.4 Å². The molecule has 0 aliphatic heterocycles. The summed E-state index contributed by atoms with van der Waals surface area (Å²) in [5, 5.41) is 0. The minimum Gasteiger partial charge on any atom is -0.487 e. The van der Waals surface area contributed by atoms with Gasteiger partial charge in [0.05, 0.1) is 0 Å². The van der Waals surface area contributed by atoms with E-state index in [-0.39, 0.29) is 11.6 Å². The van der Waals surface area contributed by atoms with E-state index in [1.165, 1.54) is 12.8 Å². The maximum absolute atomic E-state index is 12.1. The number of ether oxygens (including phenoxy) is 2. The number of carbonyl (C=O) groups excluding carboxylic acids is 1. The lowest BCUT2D eigenvalue weighted by atomic mass is 9.99. The summed E-state index contributed by atoms with van der Waals surface area (Å²) in [4.78, 5) is 12.1. The van der Waals surface area contributed by atoms with Gasteiger partial charge in [-0.05, 0) is 69.7 Å². The zero-order chi connectivity index (χ0) is 16.2. The number of benzene rings is 1. The van der Waals surface area contributed by atoms with Crippen molar-refractivity contribution in [2.75, 3.05) is 0 Å². The number of rotatable bonds is 6. The summed E-state index contributed by atoms with van der Waals surface area (Å²) in [6.45, 7) is 6.06. The van der Waals surface area contributed by atoms with Crippen LogP contribution in [0, 0.1) is 0 Å². The van der Waals surface area contributed by atoms with E-state index in [0.29, 0.717) is 5.75 Å². The predicted molar refractivity (Wildman–Crippen MR) is 96.9 cm³/mol. The number of halogens is 1. The Kier molecular flexibility index (Phi) is 5.75. The fourth-order valence-electron chi connectivity index (χ4n) is 2.73. The first-order valence-electron chi connectivity index (χ1n) is 8.11. The predicted octanol–water partition coefficient (Wildman–Crippen LogP) is 5.30. The lowest BCUT2D eigenvalue weighted by Gasteiger charge is -2.29. The van der Waals surface area contributed by atoms with Crippen LogP contribution >= 0.6 is 22.6 Å². The molecule has 0 amide bonds. The average molecular weight is 416 g/mol. The van der Waals surface area contributed by atoms with Crippen LogP contribution in [0.4, 0.5) is 0 Å². The van der Waals surface area contributed by atoms with E-state index in [4.69, 9.17) is 9.47 Å². The van der Waals surface area contributed by atoms with Gasteiger partial charge in [-0.25, -0.2) is 0 Å². The second-order valence-electron chi connectivity index (χ2n) is 6.26. The molecule has 2 rings (SSSR count). The molecule has 1 aromatic rings. The Balaban J connectivity index is 2.00. The van der Waals surface area contributed by atoms with E-state index in [1.54, 1.807) is 0 Å². The first-order valence-corrected chi connectivity index (χ1v) is 9.19. The standard InChI is InChI=1S/C18H25IO3/c1-4-17(3,19)16(20)21-14-8-10-15(11-9-14)22-18(5-2)12-6-7-13-18/h8-11H,4-7,12-13H2,1-3H3. The number of alkyl halides is 1. The first-order chi connectivity index (χ1) is 10.4. The van der Waals surface area contributed by atoms with Gasteiger partial charge >= 0.3 is 5.97 Å². The van der Waals surface area contributed by atoms with Gasteiger partial charge in [0.1, 0.15) is 20.5 Å². The normalized spacial score (nSPS) is 19.5. The van der Waals surface area contributed by atoms with Crippen LogP contribution in [0.15, 0.2) is 24.3 Å². The molecule has 1 fully saturated rings. The van der Waals surface area contributed by atoms with E-state index in [2.05, 4.69) is 29.5 Å². The Morgan fingerprint density at radius 3 is 2.23 bits per heavy atom. The van der Waals surface area contributed by atoms with E-state index in [0.717, 1.165) is 31.4 Å². The summed E-state index contributed by atoms with van der Waals surface area (Å²) in [7, 11) is 0. The number of hydrogen-bond acceptors (Lipinski definition) is 3. The number of carbonyl (C=O) groups is 1. The Morgan fingerprint density at radius 2 is 1.73 bits per heavy atom. The Morgan fingerprint density at radius 1 is 1.18 bits per heavy atom. The minimum atomic E-state index is -0.483. The zero-order valence-corrected chi connectivity index (χ0v) is 15.8. The molecule has 122 valence electrons. The average Bonchev–Trinajstić information content (AvgIpc) is 2.98. The maximum Gasteiger partial charge on any atom is 0.327 e. The fraction of sp³-hybridized carbons (Fsp3) is 0.611. The molecule has 0 radical (unpaired) electrons. The summed E-state index contributed by atoms with van der Waals surface area (Å²) in [5.74, 6) is 1.23. The fourth-order valence-corrected chi connectivity index (χ4v) is 2.84. The van der Waals surface area contributed by atoms with Crippen LogP contribution in [0.25, 0.3) is 0 Å². The summed E-state index contributed by atoms with van der Waals surface area (Å²) in [6.07, 6.45) is 6.53. The van der Waals surface area contributed by atoms with Crippen molar-refractivity contribution in [3.8, 4) is 11.5 Å². The molecule has 1 atom stereocenters. The highest BCUT2D eigenvalue weighted by Crippen LogP contribution is 2.37. The van der Waals surface area contributed by atoms with Crippen molar-refractivity contribution in [1.29, 1.82) is 0 Å². The van der Waals surface area contributed by atoms with Crippen molar-refractivity contribution in [2.45, 2.75) is 68.3 Å². The zero-order valence-electron chi connectivity index (χ0n) is 13.7. The summed E-state index contributed by atoms with van der Waals surface area (Å²) in [6, 6.07) is 7.42. The van der Waals surface area contributed by atoms with Gasteiger partial charge in [-0.3, -0.25) is 4.79 Å². The van der Waals surface area contributed by atoms with Crippen molar-refractivity contribution in [3.05, 3.63) is 24.3 Å². The van der Waals surface area contributed by atoms with Crippen molar-refractivity contribution in [1.82, 2.24) is 0 Å². The molecular weight excluding hydrogens is 391 g/mol. The molecule has 0 N–H and O–H groups in total. The van der Waals surface area contributed by atoms with E-state index >= 15 is 0 Å². The molecule has 1 aromatic carbocycles. The van der Waals surface area contributed by atoms with E-state index < -0.39 is 3.42 Å². The second kappa shape index (κ2) is 7.20. The summed E-state index contributed by atoms with van der Waals surface area (Å²) in [5.41, 5.74) is 0.00118. The molecule has 1 aliphatic carbocycles. The van der Waals surface area contributed by atoms with Gasteiger partial charge in [0, 0.05) is 0 Å². The molecule has 4 heteroatoms.